The molecule has 6 nitrogen and oxygen atoms in total. The number of nitrogens with zero attached hydrogens (tertiary/aromatic N) is 4. The molecule has 180 valence electrons. The predicted octanol–water partition coefficient (Wildman–Crippen LogP) is 4.86. The van der Waals surface area contributed by atoms with Gasteiger partial charge in [0.25, 0.3) is 0 Å². The molecule has 0 aliphatic carbocycles. The van der Waals surface area contributed by atoms with Crippen molar-refractivity contribution in [1.82, 2.24) is 14.5 Å². The highest BCUT2D eigenvalue weighted by molar-refractivity contribution is 5.95. The SMILES string of the molecule is Cc1cc2c(-c3ccc(F)cc3F)nc(N3CC(C)OC(c4ccc(=O)n(C)c4)C3)cc2nc1C. The van der Waals surface area contributed by atoms with Crippen molar-refractivity contribution in [2.45, 2.75) is 33.0 Å². The van der Waals surface area contributed by atoms with E-state index in [0.29, 0.717) is 35.5 Å². The lowest BCUT2D eigenvalue weighted by atomic mass is 10.0. The highest BCUT2D eigenvalue weighted by Crippen LogP contribution is 2.34. The zero-order valence-electron chi connectivity index (χ0n) is 20.0. The molecule has 0 amide bonds. The van der Waals surface area contributed by atoms with E-state index >= 15 is 0 Å². The number of fused-ring (bicyclic) bond motifs is 1. The van der Waals surface area contributed by atoms with Gasteiger partial charge in [0.05, 0.1) is 17.3 Å². The fraction of sp³-hybridized carbons (Fsp3) is 0.296. The van der Waals surface area contributed by atoms with Gasteiger partial charge in [-0.1, -0.05) is 0 Å². The maximum atomic E-state index is 14.9. The van der Waals surface area contributed by atoms with Crippen LogP contribution in [-0.4, -0.2) is 33.7 Å². The molecule has 1 saturated heterocycles. The number of benzene rings is 1. The van der Waals surface area contributed by atoms with Crippen molar-refractivity contribution in [3.63, 3.8) is 0 Å². The second-order valence-electron chi connectivity index (χ2n) is 9.16. The zero-order valence-corrected chi connectivity index (χ0v) is 20.0. The number of rotatable bonds is 3. The lowest BCUT2D eigenvalue weighted by Gasteiger charge is -2.38. The first-order valence-corrected chi connectivity index (χ1v) is 11.5. The van der Waals surface area contributed by atoms with Crippen molar-refractivity contribution in [2.75, 3.05) is 18.0 Å². The van der Waals surface area contributed by atoms with E-state index in [0.717, 1.165) is 22.9 Å². The molecule has 4 heterocycles. The first-order valence-electron chi connectivity index (χ1n) is 11.5. The lowest BCUT2D eigenvalue weighted by Crippen LogP contribution is -2.43. The molecule has 0 spiro atoms. The van der Waals surface area contributed by atoms with E-state index in [2.05, 4.69) is 4.90 Å². The van der Waals surface area contributed by atoms with Crippen molar-refractivity contribution in [3.05, 3.63) is 87.5 Å². The first-order chi connectivity index (χ1) is 16.7. The number of hydrogen-bond donors (Lipinski definition) is 0. The van der Waals surface area contributed by atoms with Crippen LogP contribution in [0.25, 0.3) is 22.2 Å². The minimum atomic E-state index is -0.674. The minimum absolute atomic E-state index is 0.0895. The third-order valence-electron chi connectivity index (χ3n) is 6.49. The van der Waals surface area contributed by atoms with E-state index in [1.165, 1.54) is 22.8 Å². The molecule has 8 heteroatoms. The first kappa shape index (κ1) is 23.1. The molecule has 1 aliphatic heterocycles. The van der Waals surface area contributed by atoms with Crippen LogP contribution in [0.1, 0.15) is 29.8 Å². The van der Waals surface area contributed by atoms with E-state index in [-0.39, 0.29) is 23.3 Å². The Morgan fingerprint density at radius 3 is 2.57 bits per heavy atom. The van der Waals surface area contributed by atoms with Gasteiger partial charge in [-0.25, -0.2) is 13.8 Å². The van der Waals surface area contributed by atoms with E-state index in [1.807, 2.05) is 32.9 Å². The molecule has 5 rings (SSSR count). The molecule has 1 aromatic carbocycles. The lowest BCUT2D eigenvalue weighted by molar-refractivity contribution is -0.0179. The van der Waals surface area contributed by atoms with E-state index in [4.69, 9.17) is 14.7 Å². The van der Waals surface area contributed by atoms with Gasteiger partial charge in [0.2, 0.25) is 5.56 Å². The quantitative estimate of drug-likeness (QED) is 0.423. The number of pyridine rings is 3. The molecule has 0 N–H and O–H groups in total. The van der Waals surface area contributed by atoms with Crippen molar-refractivity contribution >= 4 is 16.7 Å². The van der Waals surface area contributed by atoms with Crippen LogP contribution in [0.2, 0.25) is 0 Å². The number of morpholine rings is 1. The summed E-state index contributed by atoms with van der Waals surface area (Å²) in [6.07, 6.45) is 1.40. The molecule has 0 saturated carbocycles. The highest BCUT2D eigenvalue weighted by atomic mass is 19.1. The van der Waals surface area contributed by atoms with Gasteiger partial charge in [0.1, 0.15) is 23.6 Å². The fourth-order valence-corrected chi connectivity index (χ4v) is 4.53. The van der Waals surface area contributed by atoms with Crippen molar-refractivity contribution < 1.29 is 13.5 Å². The van der Waals surface area contributed by atoms with Crippen LogP contribution in [0, 0.1) is 25.5 Å². The van der Waals surface area contributed by atoms with Gasteiger partial charge in [0, 0.05) is 61.2 Å². The molecule has 4 aromatic rings. The van der Waals surface area contributed by atoms with Crippen LogP contribution >= 0.6 is 0 Å². The maximum Gasteiger partial charge on any atom is 0.250 e. The summed E-state index contributed by atoms with van der Waals surface area (Å²) < 4.78 is 36.2. The third kappa shape index (κ3) is 4.41. The van der Waals surface area contributed by atoms with Crippen LogP contribution in [0.3, 0.4) is 0 Å². The Kier molecular flexibility index (Phi) is 5.84. The Balaban J connectivity index is 1.63. The van der Waals surface area contributed by atoms with Crippen molar-refractivity contribution in [3.8, 4) is 11.3 Å². The molecular weight excluding hydrogens is 450 g/mol. The minimum Gasteiger partial charge on any atom is -0.367 e. The number of ether oxygens (including phenoxy) is 1. The largest absolute Gasteiger partial charge is 0.367 e. The van der Waals surface area contributed by atoms with Gasteiger partial charge in [-0.05, 0) is 56.2 Å². The summed E-state index contributed by atoms with van der Waals surface area (Å²) in [4.78, 5) is 23.5. The summed E-state index contributed by atoms with van der Waals surface area (Å²) in [5.41, 5.74) is 3.97. The number of aromatic nitrogens is 3. The van der Waals surface area contributed by atoms with Gasteiger partial charge in [-0.15, -0.1) is 0 Å². The van der Waals surface area contributed by atoms with Crippen LogP contribution in [0.4, 0.5) is 14.6 Å². The molecule has 1 fully saturated rings. The molecule has 1 aliphatic rings. The Hall–Kier alpha value is -3.65. The van der Waals surface area contributed by atoms with Gasteiger partial charge < -0.3 is 14.2 Å². The van der Waals surface area contributed by atoms with Gasteiger partial charge in [0.15, 0.2) is 0 Å². The summed E-state index contributed by atoms with van der Waals surface area (Å²) in [7, 11) is 1.71. The van der Waals surface area contributed by atoms with E-state index < -0.39 is 11.6 Å². The molecule has 35 heavy (non-hydrogen) atoms. The van der Waals surface area contributed by atoms with E-state index in [9.17, 15) is 13.6 Å². The fourth-order valence-electron chi connectivity index (χ4n) is 4.53. The molecule has 0 bridgehead atoms. The Morgan fingerprint density at radius 2 is 1.83 bits per heavy atom. The number of hydrogen-bond acceptors (Lipinski definition) is 5. The molecule has 0 radical (unpaired) electrons. The van der Waals surface area contributed by atoms with Gasteiger partial charge in [-0.2, -0.15) is 0 Å². The molecule has 2 atom stereocenters. The van der Waals surface area contributed by atoms with Gasteiger partial charge in [-0.3, -0.25) is 9.78 Å². The average molecular weight is 477 g/mol. The van der Waals surface area contributed by atoms with Crippen LogP contribution < -0.4 is 10.5 Å². The summed E-state index contributed by atoms with van der Waals surface area (Å²) in [5, 5.41) is 0.707. The second-order valence-corrected chi connectivity index (χ2v) is 9.16. The monoisotopic (exact) mass is 476 g/mol. The summed E-state index contributed by atoms with van der Waals surface area (Å²) in [5.74, 6) is -0.677. The number of aryl methyl sites for hydroxylation is 3. The summed E-state index contributed by atoms with van der Waals surface area (Å²) >= 11 is 0. The Morgan fingerprint density at radius 1 is 1.03 bits per heavy atom. The Bertz CT molecular complexity index is 1500. The second kappa shape index (κ2) is 8.85. The van der Waals surface area contributed by atoms with Gasteiger partial charge >= 0.3 is 0 Å². The smallest absolute Gasteiger partial charge is 0.250 e. The van der Waals surface area contributed by atoms with Crippen LogP contribution in [0.5, 0.6) is 0 Å². The standard InChI is InChI=1S/C27H26F2N4O2/c1-15-9-21-23(30-17(15)3)11-25(31-27(21)20-7-6-19(28)10-22(20)29)33-12-16(2)35-24(14-33)18-5-8-26(34)32(4)13-18/h5-11,13,16,24H,12,14H2,1-4H3. The summed E-state index contributed by atoms with van der Waals surface area (Å²) in [6.45, 7) is 6.93. The zero-order chi connectivity index (χ0) is 24.9. The van der Waals surface area contributed by atoms with E-state index in [1.54, 1.807) is 19.3 Å². The maximum absolute atomic E-state index is 14.9. The predicted molar refractivity (Wildman–Crippen MR) is 132 cm³/mol. The molecular formula is C27H26F2N4O2. The summed E-state index contributed by atoms with van der Waals surface area (Å²) in [6, 6.07) is 10.7. The number of anilines is 1. The normalized spacial score (nSPS) is 18.3. The topological polar surface area (TPSA) is 60.3 Å². The number of halogens is 2. The van der Waals surface area contributed by atoms with Crippen molar-refractivity contribution in [2.24, 2.45) is 7.05 Å². The highest BCUT2D eigenvalue weighted by Gasteiger charge is 2.29. The molecule has 3 aromatic heterocycles. The average Bonchev–Trinajstić information content (AvgIpc) is 2.81. The van der Waals surface area contributed by atoms with Crippen molar-refractivity contribution in [1.29, 1.82) is 0 Å². The molecule has 2 unspecified atom stereocenters. The third-order valence-corrected chi connectivity index (χ3v) is 6.49. The van der Waals surface area contributed by atoms with Crippen LogP contribution in [-0.2, 0) is 11.8 Å². The Labute approximate surface area is 201 Å². The van der Waals surface area contributed by atoms with Crippen LogP contribution in [0.15, 0.2) is 53.5 Å².